The van der Waals surface area contributed by atoms with Crippen molar-refractivity contribution in [2.45, 2.75) is 65.0 Å². The Morgan fingerprint density at radius 3 is 2.55 bits per heavy atom. The molecule has 1 aliphatic rings. The zero-order valence-electron chi connectivity index (χ0n) is 17.3. The summed E-state index contributed by atoms with van der Waals surface area (Å²) in [5.41, 5.74) is 0.148. The number of hydrogen-bond acceptors (Lipinski definition) is 6. The highest BCUT2D eigenvalue weighted by Crippen LogP contribution is 2.34. The average molecular weight is 432 g/mol. The first-order valence-corrected chi connectivity index (χ1v) is 9.47. The molecule has 8 nitrogen and oxygen atoms in total. The van der Waals surface area contributed by atoms with Gasteiger partial charge in [-0.2, -0.15) is 0 Å². The van der Waals surface area contributed by atoms with E-state index in [-0.39, 0.29) is 22.9 Å². The quantitative estimate of drug-likeness (QED) is 0.431. The molecule has 0 aliphatic carbocycles. The number of hydrazine groups is 1. The second-order valence-corrected chi connectivity index (χ2v) is 8.64. The molecule has 0 saturated carbocycles. The lowest BCUT2D eigenvalue weighted by atomic mass is 10.1. The second kappa shape index (κ2) is 8.33. The van der Waals surface area contributed by atoms with Gasteiger partial charge >= 0.3 is 6.09 Å². The van der Waals surface area contributed by atoms with E-state index in [1.807, 2.05) is 5.43 Å². The molecular weight excluding hydrogens is 405 g/mol. The lowest BCUT2D eigenvalue weighted by Crippen LogP contribution is -2.52. The molecule has 0 bridgehead atoms. The molecule has 2 unspecified atom stereocenters. The van der Waals surface area contributed by atoms with Crippen LogP contribution in [0.25, 0.3) is 0 Å². The van der Waals surface area contributed by atoms with Crippen LogP contribution in [0.2, 0.25) is 5.02 Å². The van der Waals surface area contributed by atoms with Crippen LogP contribution in [0.15, 0.2) is 12.1 Å². The van der Waals surface area contributed by atoms with Crippen molar-refractivity contribution in [1.29, 1.82) is 0 Å². The van der Waals surface area contributed by atoms with Crippen LogP contribution in [0.5, 0.6) is 5.75 Å². The van der Waals surface area contributed by atoms with Gasteiger partial charge in [0.1, 0.15) is 17.9 Å². The summed E-state index contributed by atoms with van der Waals surface area (Å²) in [6.07, 6.45) is -0.952. The fourth-order valence-electron chi connectivity index (χ4n) is 3.14. The Hall–Kier alpha value is -2.10. The predicted octanol–water partition coefficient (Wildman–Crippen LogP) is 3.22. The molecule has 1 saturated heterocycles. The number of nitrogens with two attached hydrogens (primary N) is 1. The van der Waals surface area contributed by atoms with Crippen LogP contribution in [0.1, 0.15) is 51.9 Å². The van der Waals surface area contributed by atoms with Crippen molar-refractivity contribution < 1.29 is 28.2 Å². The number of carbonyl (C=O) groups is 2. The molecule has 0 aromatic heterocycles. The molecule has 2 rings (SSSR count). The van der Waals surface area contributed by atoms with E-state index in [4.69, 9.17) is 31.7 Å². The third kappa shape index (κ3) is 5.29. The van der Waals surface area contributed by atoms with Crippen molar-refractivity contribution in [2.24, 2.45) is 5.84 Å². The molecule has 1 heterocycles. The highest BCUT2D eigenvalue weighted by Gasteiger charge is 2.50. The van der Waals surface area contributed by atoms with Gasteiger partial charge in [0.2, 0.25) is 0 Å². The molecule has 10 heteroatoms. The highest BCUT2D eigenvalue weighted by molar-refractivity contribution is 6.34. The monoisotopic (exact) mass is 431 g/mol. The summed E-state index contributed by atoms with van der Waals surface area (Å²) in [5.74, 6) is 3.38. The van der Waals surface area contributed by atoms with Gasteiger partial charge in [-0.15, -0.1) is 0 Å². The lowest BCUT2D eigenvalue weighted by Gasteiger charge is -2.35. The van der Waals surface area contributed by atoms with Crippen LogP contribution in [0.4, 0.5) is 9.18 Å². The van der Waals surface area contributed by atoms with Gasteiger partial charge in [0, 0.05) is 6.07 Å². The Bertz CT molecular complexity index is 797. The number of nitrogens with one attached hydrogen (secondary N) is 1. The minimum Gasteiger partial charge on any atom is -0.488 e. The summed E-state index contributed by atoms with van der Waals surface area (Å²) in [7, 11) is 0. The Morgan fingerprint density at radius 2 is 2.00 bits per heavy atom. The normalized spacial score (nSPS) is 21.1. The minimum atomic E-state index is -0.935. The summed E-state index contributed by atoms with van der Waals surface area (Å²) in [6, 6.07) is 1.58. The van der Waals surface area contributed by atoms with Gasteiger partial charge in [-0.05, 0) is 47.6 Å². The van der Waals surface area contributed by atoms with Gasteiger partial charge in [0.15, 0.2) is 11.6 Å². The van der Waals surface area contributed by atoms with Crippen LogP contribution in [-0.4, -0.2) is 47.0 Å². The van der Waals surface area contributed by atoms with Crippen molar-refractivity contribution in [3.8, 4) is 5.75 Å². The second-order valence-electron chi connectivity index (χ2n) is 8.23. The van der Waals surface area contributed by atoms with Crippen molar-refractivity contribution in [2.75, 3.05) is 6.61 Å². The van der Waals surface area contributed by atoms with Crippen LogP contribution in [0, 0.1) is 5.82 Å². The summed E-state index contributed by atoms with van der Waals surface area (Å²) in [6.45, 7) is 10.5. The van der Waals surface area contributed by atoms with Gasteiger partial charge in [-0.1, -0.05) is 11.6 Å². The number of nitrogens with zero attached hydrogens (tertiary/aromatic N) is 1. The molecule has 1 aromatic rings. The summed E-state index contributed by atoms with van der Waals surface area (Å²) < 4.78 is 31.3. The van der Waals surface area contributed by atoms with Gasteiger partial charge in [0.25, 0.3) is 5.91 Å². The molecule has 0 radical (unpaired) electrons. The van der Waals surface area contributed by atoms with Crippen LogP contribution < -0.4 is 16.0 Å². The van der Waals surface area contributed by atoms with E-state index in [9.17, 15) is 14.0 Å². The number of ether oxygens (including phenoxy) is 3. The zero-order chi connectivity index (χ0) is 22.1. The van der Waals surface area contributed by atoms with Gasteiger partial charge in [-0.25, -0.2) is 15.0 Å². The fourth-order valence-corrected chi connectivity index (χ4v) is 3.38. The third-order valence-corrected chi connectivity index (χ3v) is 4.64. The summed E-state index contributed by atoms with van der Waals surface area (Å²) in [5, 5.41) is -0.0237. The number of amides is 2. The maximum absolute atomic E-state index is 14.4. The molecule has 3 N–H and O–H groups in total. The van der Waals surface area contributed by atoms with Gasteiger partial charge < -0.3 is 14.2 Å². The van der Waals surface area contributed by atoms with E-state index in [0.29, 0.717) is 0 Å². The number of hydrogen-bond donors (Lipinski definition) is 2. The van der Waals surface area contributed by atoms with E-state index >= 15 is 0 Å². The van der Waals surface area contributed by atoms with Crippen LogP contribution in [-0.2, 0) is 9.47 Å². The Morgan fingerprint density at radius 1 is 1.38 bits per heavy atom. The maximum atomic E-state index is 14.4. The number of rotatable bonds is 4. The van der Waals surface area contributed by atoms with E-state index < -0.39 is 41.3 Å². The Labute approximate surface area is 174 Å². The molecule has 0 spiro atoms. The van der Waals surface area contributed by atoms with E-state index in [1.165, 1.54) is 11.0 Å². The summed E-state index contributed by atoms with van der Waals surface area (Å²) in [4.78, 5) is 25.8. The van der Waals surface area contributed by atoms with Gasteiger partial charge in [0.05, 0.1) is 22.7 Å². The number of halogens is 2. The molecule has 2 amide bonds. The molecule has 1 fully saturated rings. The standard InChI is InChI=1S/C19H27ClFN3O5/c1-10-14(24(19(5,6)28-10)17(26)29-18(2,3)4)9-27-15-8-12(20)11(7-13(15)21)16(25)23-22/h7-8,10,14H,9,22H2,1-6H3,(H,23,25). The Kier molecular flexibility index (Phi) is 6.66. The minimum absolute atomic E-state index is 0.0237. The largest absolute Gasteiger partial charge is 0.488 e. The van der Waals surface area contributed by atoms with Gasteiger partial charge in [-0.3, -0.25) is 15.1 Å². The smallest absolute Gasteiger partial charge is 0.413 e. The molecule has 2 atom stereocenters. The molecule has 29 heavy (non-hydrogen) atoms. The van der Waals surface area contributed by atoms with Crippen molar-refractivity contribution in [3.63, 3.8) is 0 Å². The predicted molar refractivity (Wildman–Crippen MR) is 105 cm³/mol. The zero-order valence-corrected chi connectivity index (χ0v) is 18.1. The molecule has 162 valence electrons. The van der Waals surface area contributed by atoms with E-state index in [2.05, 4.69) is 0 Å². The summed E-state index contributed by atoms with van der Waals surface area (Å²) >= 11 is 6.02. The fraction of sp³-hybridized carbons (Fsp3) is 0.579. The van der Waals surface area contributed by atoms with E-state index in [1.54, 1.807) is 41.5 Å². The molecule has 1 aliphatic heterocycles. The average Bonchev–Trinajstić information content (AvgIpc) is 2.81. The van der Waals surface area contributed by atoms with Crippen LogP contribution in [0.3, 0.4) is 0 Å². The van der Waals surface area contributed by atoms with Crippen molar-refractivity contribution in [3.05, 3.63) is 28.5 Å². The third-order valence-electron chi connectivity index (χ3n) is 4.33. The van der Waals surface area contributed by atoms with E-state index in [0.717, 1.165) is 6.07 Å². The first-order valence-electron chi connectivity index (χ1n) is 9.09. The topological polar surface area (TPSA) is 103 Å². The lowest BCUT2D eigenvalue weighted by molar-refractivity contribution is -0.0760. The molecular formula is C19H27ClFN3O5. The van der Waals surface area contributed by atoms with Crippen LogP contribution >= 0.6 is 11.6 Å². The Balaban J connectivity index is 2.22. The van der Waals surface area contributed by atoms with Crippen molar-refractivity contribution in [1.82, 2.24) is 10.3 Å². The number of nitrogen functional groups attached to an aromatic ring is 1. The molecule has 1 aromatic carbocycles. The number of benzene rings is 1. The first kappa shape index (κ1) is 23.2. The number of carbonyl (C=O) groups excluding carboxylic acids is 2. The first-order chi connectivity index (χ1) is 13.3. The van der Waals surface area contributed by atoms with Crippen molar-refractivity contribution >= 4 is 23.6 Å². The SMILES string of the molecule is CC1OC(C)(C)N(C(=O)OC(C)(C)C)C1COc1cc(Cl)c(C(=O)NN)cc1F. The highest BCUT2D eigenvalue weighted by atomic mass is 35.5. The maximum Gasteiger partial charge on any atom is 0.413 e.